The molecule has 3 aromatic rings. The number of fused-ring (bicyclic) bond motifs is 4. The van der Waals surface area contributed by atoms with Crippen LogP contribution in [0.2, 0.25) is 0 Å². The molecule has 2 aliphatic heterocycles. The Kier molecular flexibility index (Phi) is 8.41. The number of benzene rings is 3. The fourth-order valence-electron chi connectivity index (χ4n) is 5.75. The van der Waals surface area contributed by atoms with E-state index in [1.54, 1.807) is 0 Å². The lowest BCUT2D eigenvalue weighted by Crippen LogP contribution is -2.62. The van der Waals surface area contributed by atoms with E-state index in [0.717, 1.165) is 40.7 Å². The quantitative estimate of drug-likeness (QED) is 0.197. The molecule has 6 rings (SSSR count). The van der Waals surface area contributed by atoms with Crippen LogP contribution in [-0.4, -0.2) is 55.8 Å². The van der Waals surface area contributed by atoms with Gasteiger partial charge in [-0.05, 0) is 28.7 Å². The average molecular weight is 563 g/mol. The van der Waals surface area contributed by atoms with Crippen LogP contribution in [0.4, 0.5) is 4.79 Å². The molecule has 2 heterocycles. The summed E-state index contributed by atoms with van der Waals surface area (Å²) in [7, 11) is 0. The van der Waals surface area contributed by atoms with E-state index < -0.39 is 42.3 Å². The molecule has 8 heteroatoms. The highest BCUT2D eigenvalue weighted by atomic mass is 32.1. The molecule has 0 radical (unpaired) electrons. The van der Waals surface area contributed by atoms with Gasteiger partial charge in [-0.1, -0.05) is 92.2 Å². The molecule has 2 saturated heterocycles. The Hall–Kier alpha value is -2.88. The van der Waals surface area contributed by atoms with Crippen molar-refractivity contribution < 1.29 is 33.2 Å². The zero-order valence-corrected chi connectivity index (χ0v) is 23.3. The highest BCUT2D eigenvalue weighted by molar-refractivity contribution is 7.80. The molecule has 1 aliphatic carbocycles. The minimum Gasteiger partial charge on any atom is -0.433 e. The summed E-state index contributed by atoms with van der Waals surface area (Å²) in [5.74, 6) is -0.0709. The minimum absolute atomic E-state index is 0.0709. The van der Waals surface area contributed by atoms with Crippen molar-refractivity contribution in [3.05, 3.63) is 95.6 Å². The number of hydrogen-bond donors (Lipinski definition) is 1. The van der Waals surface area contributed by atoms with Crippen LogP contribution < -0.4 is 0 Å². The van der Waals surface area contributed by atoms with Crippen LogP contribution in [0.1, 0.15) is 48.7 Å². The first-order valence-electron chi connectivity index (χ1n) is 13.9. The summed E-state index contributed by atoms with van der Waals surface area (Å²) >= 11 is 4.64. The standard InChI is InChI=1S/C32H34O7S/c1-2-3-17-34-29-28(27-26(37-31(29)40)19-35-30(38-27)20-11-5-4-6-12-20)39-32(33)36-18-25-23-15-9-7-13-21(23)22-14-8-10-16-24(22)25/h4-16,25-31,40H,2-3,17-19H2,1H3/t26?,27-,28?,29+,30?,31+/m1/s1. The summed E-state index contributed by atoms with van der Waals surface area (Å²) in [4.78, 5) is 13.2. The number of rotatable bonds is 8. The lowest BCUT2D eigenvalue weighted by molar-refractivity contribution is -0.322. The summed E-state index contributed by atoms with van der Waals surface area (Å²) in [6.45, 7) is 3.01. The van der Waals surface area contributed by atoms with Crippen LogP contribution in [0.15, 0.2) is 78.9 Å². The van der Waals surface area contributed by atoms with Crippen molar-refractivity contribution in [2.45, 2.75) is 61.8 Å². The van der Waals surface area contributed by atoms with E-state index in [4.69, 9.17) is 28.4 Å². The predicted octanol–water partition coefficient (Wildman–Crippen LogP) is 6.27. The molecule has 0 spiro atoms. The van der Waals surface area contributed by atoms with Crippen LogP contribution in [0, 0.1) is 0 Å². The maximum absolute atomic E-state index is 13.2. The van der Waals surface area contributed by atoms with Crippen molar-refractivity contribution >= 4 is 18.8 Å². The summed E-state index contributed by atoms with van der Waals surface area (Å²) in [6.07, 6.45) is -2.07. The monoisotopic (exact) mass is 562 g/mol. The van der Waals surface area contributed by atoms with Gasteiger partial charge in [0.1, 0.15) is 30.4 Å². The Morgan fingerprint density at radius 1 is 0.900 bits per heavy atom. The topological polar surface area (TPSA) is 72.5 Å². The molecule has 0 amide bonds. The molecule has 7 nitrogen and oxygen atoms in total. The van der Waals surface area contributed by atoms with E-state index in [2.05, 4.69) is 43.8 Å². The first-order chi connectivity index (χ1) is 19.6. The maximum Gasteiger partial charge on any atom is 0.508 e. The summed E-state index contributed by atoms with van der Waals surface area (Å²) in [5, 5.41) is 0. The van der Waals surface area contributed by atoms with Gasteiger partial charge < -0.3 is 28.4 Å². The molecule has 3 unspecified atom stereocenters. The molecular weight excluding hydrogens is 528 g/mol. The number of carbonyl (C=O) groups excluding carboxylic acids is 1. The van der Waals surface area contributed by atoms with Gasteiger partial charge in [0.2, 0.25) is 0 Å². The van der Waals surface area contributed by atoms with E-state index >= 15 is 0 Å². The van der Waals surface area contributed by atoms with Crippen molar-refractivity contribution in [2.24, 2.45) is 0 Å². The highest BCUT2D eigenvalue weighted by Gasteiger charge is 2.52. The molecule has 0 N–H and O–H groups in total. The Balaban J connectivity index is 1.19. The molecule has 6 atom stereocenters. The van der Waals surface area contributed by atoms with E-state index in [1.165, 1.54) is 0 Å². The van der Waals surface area contributed by atoms with Gasteiger partial charge in [0.05, 0.1) is 6.61 Å². The Bertz CT molecular complexity index is 1260. The van der Waals surface area contributed by atoms with E-state index in [9.17, 15) is 4.79 Å². The van der Waals surface area contributed by atoms with Gasteiger partial charge in [-0.2, -0.15) is 0 Å². The van der Waals surface area contributed by atoms with Gasteiger partial charge >= 0.3 is 6.16 Å². The number of ether oxygens (including phenoxy) is 6. The van der Waals surface area contributed by atoms with E-state index in [-0.39, 0.29) is 19.1 Å². The lowest BCUT2D eigenvalue weighted by atomic mass is 9.98. The van der Waals surface area contributed by atoms with Gasteiger partial charge in [-0.15, -0.1) is 12.6 Å². The molecule has 3 aliphatic rings. The van der Waals surface area contributed by atoms with Crippen LogP contribution in [-0.2, 0) is 28.4 Å². The first kappa shape index (κ1) is 27.3. The second kappa shape index (κ2) is 12.3. The van der Waals surface area contributed by atoms with Crippen LogP contribution in [0.3, 0.4) is 0 Å². The van der Waals surface area contributed by atoms with Crippen molar-refractivity contribution in [2.75, 3.05) is 19.8 Å². The number of unbranched alkanes of at least 4 members (excludes halogenated alkanes) is 1. The normalized spacial score (nSPS) is 27.4. The maximum atomic E-state index is 13.2. The Labute approximate surface area is 240 Å². The Morgan fingerprint density at radius 3 is 2.27 bits per heavy atom. The first-order valence-corrected chi connectivity index (χ1v) is 14.4. The molecule has 0 saturated carbocycles. The second-order valence-electron chi connectivity index (χ2n) is 10.3. The van der Waals surface area contributed by atoms with Crippen LogP contribution in [0.5, 0.6) is 0 Å². The summed E-state index contributed by atoms with van der Waals surface area (Å²) < 4.78 is 36.3. The summed E-state index contributed by atoms with van der Waals surface area (Å²) in [6, 6.07) is 26.1. The third-order valence-corrected chi connectivity index (χ3v) is 8.16. The number of hydrogen-bond acceptors (Lipinski definition) is 8. The van der Waals surface area contributed by atoms with E-state index in [1.807, 2.05) is 54.6 Å². The van der Waals surface area contributed by atoms with Crippen LogP contribution >= 0.6 is 12.6 Å². The smallest absolute Gasteiger partial charge is 0.433 e. The molecule has 2 fully saturated rings. The largest absolute Gasteiger partial charge is 0.508 e. The molecule has 3 aromatic carbocycles. The zero-order valence-electron chi connectivity index (χ0n) is 22.4. The minimum atomic E-state index is -0.788. The van der Waals surface area contributed by atoms with Crippen molar-refractivity contribution in [3.8, 4) is 11.1 Å². The predicted molar refractivity (Wildman–Crippen MR) is 152 cm³/mol. The number of thiol groups is 1. The molecule has 0 aromatic heterocycles. The van der Waals surface area contributed by atoms with Crippen molar-refractivity contribution in [1.29, 1.82) is 0 Å². The van der Waals surface area contributed by atoms with Gasteiger partial charge in [-0.25, -0.2) is 4.79 Å². The van der Waals surface area contributed by atoms with E-state index in [0.29, 0.717) is 6.61 Å². The molecule has 0 bridgehead atoms. The molecule has 40 heavy (non-hydrogen) atoms. The second-order valence-corrected chi connectivity index (χ2v) is 10.8. The Morgan fingerprint density at radius 2 is 1.57 bits per heavy atom. The SMILES string of the molecule is CCCCO[C@H]1C(OC(=O)OCC2c3ccccc3-c3ccccc32)[C@@H]2OC(c3ccccc3)OCC2O[C@H]1S. The van der Waals surface area contributed by atoms with Gasteiger partial charge in [0.15, 0.2) is 12.4 Å². The fourth-order valence-corrected chi connectivity index (χ4v) is 6.17. The fraction of sp³-hybridized carbons (Fsp3) is 0.406. The van der Waals surface area contributed by atoms with Gasteiger partial charge in [-0.3, -0.25) is 0 Å². The third-order valence-electron chi connectivity index (χ3n) is 7.74. The zero-order chi connectivity index (χ0) is 27.5. The molecule has 210 valence electrons. The highest BCUT2D eigenvalue weighted by Crippen LogP contribution is 2.44. The summed E-state index contributed by atoms with van der Waals surface area (Å²) in [5.41, 5.74) is 4.85. The molecular formula is C32H34O7S. The third kappa shape index (κ3) is 5.51. The lowest BCUT2D eigenvalue weighted by Gasteiger charge is -2.47. The van der Waals surface area contributed by atoms with Gasteiger partial charge in [0, 0.05) is 18.1 Å². The van der Waals surface area contributed by atoms with Crippen molar-refractivity contribution in [3.63, 3.8) is 0 Å². The van der Waals surface area contributed by atoms with Crippen molar-refractivity contribution in [1.82, 2.24) is 0 Å². The average Bonchev–Trinajstić information content (AvgIpc) is 3.31. The van der Waals surface area contributed by atoms with Crippen LogP contribution in [0.25, 0.3) is 11.1 Å². The van der Waals surface area contributed by atoms with Gasteiger partial charge in [0.25, 0.3) is 0 Å². The number of carbonyl (C=O) groups is 1.